The van der Waals surface area contributed by atoms with Crippen molar-refractivity contribution in [2.75, 3.05) is 14.7 Å². The summed E-state index contributed by atoms with van der Waals surface area (Å²) >= 11 is 0. The molecule has 0 N–H and O–H groups in total. The van der Waals surface area contributed by atoms with Gasteiger partial charge in [0.2, 0.25) is 0 Å². The second kappa shape index (κ2) is 13.9. The van der Waals surface area contributed by atoms with E-state index in [-0.39, 0.29) is 17.7 Å². The van der Waals surface area contributed by atoms with Gasteiger partial charge in [0.15, 0.2) is 0 Å². The molecule has 2 unspecified atom stereocenters. The minimum absolute atomic E-state index is 0.0173. The first-order valence-corrected chi connectivity index (χ1v) is 22.5. The second-order valence-electron chi connectivity index (χ2n) is 18.6. The highest BCUT2D eigenvalue weighted by Crippen LogP contribution is 2.62. The van der Waals surface area contributed by atoms with E-state index in [0.717, 1.165) is 29.2 Å². The Labute approximate surface area is 367 Å². The molecule has 3 nitrogen and oxygen atoms in total. The van der Waals surface area contributed by atoms with Crippen molar-refractivity contribution in [2.45, 2.75) is 64.3 Å². The molecule has 3 heterocycles. The Bertz CT molecular complexity index is 3020. The van der Waals surface area contributed by atoms with E-state index in [1.54, 1.807) is 0 Å². The lowest BCUT2D eigenvalue weighted by atomic mass is 9.33. The standard InChI is InChI=1S/C58H50BN3/c1-39-17-13-24-45(33-39)60(46-25-14-18-40(2)34-46)48-37-53-55-54(38-48)62-56-49(57(3)31-11-12-32-58(57,62)4)27-16-28-51(56)59(55)50-30-29-44(42-21-9-6-10-22-42)36-52(50)61(53)47-26-15-23-43(35-47)41-19-7-5-8-20-41/h5-10,13-30,33-38H,11-12,31-32H2,1-4H3. The Morgan fingerprint density at radius 3 is 1.79 bits per heavy atom. The molecule has 0 aromatic heterocycles. The molecule has 8 aromatic rings. The van der Waals surface area contributed by atoms with Gasteiger partial charge in [0.05, 0.1) is 11.2 Å². The molecule has 300 valence electrons. The van der Waals surface area contributed by atoms with Crippen LogP contribution in [0.1, 0.15) is 56.2 Å². The van der Waals surface area contributed by atoms with Gasteiger partial charge in [-0.2, -0.15) is 0 Å². The molecule has 0 amide bonds. The van der Waals surface area contributed by atoms with Gasteiger partial charge in [0, 0.05) is 45.2 Å². The van der Waals surface area contributed by atoms with E-state index in [1.807, 2.05) is 0 Å². The SMILES string of the molecule is Cc1cccc(N(c2cccc(C)c2)c2cc3c4c(c2)N2c5c(cccc5C5(C)CCCCC25C)B4c2ccc(-c4ccccc4)cc2N3c2cccc(-c3ccccc3)c2)c1. The average Bonchev–Trinajstić information content (AvgIpc) is 3.52. The topological polar surface area (TPSA) is 9.72 Å². The van der Waals surface area contributed by atoms with E-state index in [9.17, 15) is 0 Å². The molecular formula is C58H50BN3. The van der Waals surface area contributed by atoms with Crippen LogP contribution in [-0.2, 0) is 5.41 Å². The molecule has 12 rings (SSSR count). The molecule has 1 fully saturated rings. The first-order chi connectivity index (χ1) is 30.3. The maximum Gasteiger partial charge on any atom is 0.252 e. The van der Waals surface area contributed by atoms with E-state index in [4.69, 9.17) is 0 Å². The van der Waals surface area contributed by atoms with Crippen LogP contribution in [0.2, 0.25) is 0 Å². The summed E-state index contributed by atoms with van der Waals surface area (Å²) in [4.78, 5) is 7.95. The molecular weight excluding hydrogens is 749 g/mol. The van der Waals surface area contributed by atoms with E-state index >= 15 is 0 Å². The number of para-hydroxylation sites is 1. The molecule has 0 radical (unpaired) electrons. The summed E-state index contributed by atoms with van der Waals surface area (Å²) in [6, 6.07) is 68.6. The van der Waals surface area contributed by atoms with Crippen molar-refractivity contribution < 1.29 is 0 Å². The number of benzene rings is 8. The van der Waals surface area contributed by atoms with Gasteiger partial charge in [0.1, 0.15) is 0 Å². The van der Waals surface area contributed by atoms with Crippen LogP contribution in [0.15, 0.2) is 182 Å². The predicted molar refractivity (Wildman–Crippen MR) is 264 cm³/mol. The van der Waals surface area contributed by atoms with E-state index in [0.29, 0.717) is 0 Å². The third-order valence-electron chi connectivity index (χ3n) is 15.0. The molecule has 62 heavy (non-hydrogen) atoms. The van der Waals surface area contributed by atoms with Crippen molar-refractivity contribution >= 4 is 68.6 Å². The van der Waals surface area contributed by atoms with Gasteiger partial charge in [0.25, 0.3) is 6.71 Å². The van der Waals surface area contributed by atoms with Gasteiger partial charge >= 0.3 is 0 Å². The summed E-state index contributed by atoms with van der Waals surface area (Å²) in [6.45, 7) is 9.63. The second-order valence-corrected chi connectivity index (χ2v) is 18.6. The summed E-state index contributed by atoms with van der Waals surface area (Å²) in [5.41, 5.74) is 22.8. The molecule has 2 atom stereocenters. The molecule has 0 spiro atoms. The lowest BCUT2D eigenvalue weighted by Crippen LogP contribution is -2.64. The smallest absolute Gasteiger partial charge is 0.252 e. The van der Waals surface area contributed by atoms with E-state index < -0.39 is 0 Å². The Morgan fingerprint density at radius 1 is 0.484 bits per heavy atom. The average molecular weight is 800 g/mol. The molecule has 0 bridgehead atoms. The van der Waals surface area contributed by atoms with Crippen LogP contribution in [0.3, 0.4) is 0 Å². The van der Waals surface area contributed by atoms with Crippen molar-refractivity contribution in [2.24, 2.45) is 0 Å². The van der Waals surface area contributed by atoms with Gasteiger partial charge in [-0.25, -0.2) is 0 Å². The van der Waals surface area contributed by atoms with Gasteiger partial charge in [-0.3, -0.25) is 0 Å². The fraction of sp³-hybridized carbons (Fsp3) is 0.172. The lowest BCUT2D eigenvalue weighted by Gasteiger charge is -2.53. The Morgan fingerprint density at radius 2 is 1.10 bits per heavy atom. The van der Waals surface area contributed by atoms with Crippen LogP contribution >= 0.6 is 0 Å². The molecule has 1 saturated carbocycles. The zero-order chi connectivity index (χ0) is 41.7. The first kappa shape index (κ1) is 37.0. The van der Waals surface area contributed by atoms with Crippen molar-refractivity contribution in [3.63, 3.8) is 0 Å². The van der Waals surface area contributed by atoms with E-state index in [2.05, 4.69) is 224 Å². The number of aryl methyl sites for hydroxylation is 2. The maximum absolute atomic E-state index is 2.85. The van der Waals surface area contributed by atoms with Crippen LogP contribution < -0.4 is 31.1 Å². The number of anilines is 8. The minimum Gasteiger partial charge on any atom is -0.335 e. The largest absolute Gasteiger partial charge is 0.335 e. The van der Waals surface area contributed by atoms with Crippen molar-refractivity contribution in [3.8, 4) is 22.3 Å². The number of nitrogens with zero attached hydrogens (tertiary/aromatic N) is 3. The van der Waals surface area contributed by atoms with Gasteiger partial charge in [-0.1, -0.05) is 147 Å². The zero-order valence-corrected chi connectivity index (χ0v) is 36.1. The van der Waals surface area contributed by atoms with Crippen LogP contribution in [0.25, 0.3) is 22.3 Å². The molecule has 4 heteroatoms. The molecule has 3 aliphatic heterocycles. The predicted octanol–water partition coefficient (Wildman–Crippen LogP) is 13.5. The van der Waals surface area contributed by atoms with Crippen molar-refractivity contribution in [1.82, 2.24) is 0 Å². The van der Waals surface area contributed by atoms with Crippen LogP contribution in [0.5, 0.6) is 0 Å². The third kappa shape index (κ3) is 5.38. The Hall–Kier alpha value is -6.78. The molecule has 1 aliphatic carbocycles. The summed E-state index contributed by atoms with van der Waals surface area (Å²) < 4.78 is 0. The molecule has 0 saturated heterocycles. The first-order valence-electron chi connectivity index (χ1n) is 22.5. The van der Waals surface area contributed by atoms with Gasteiger partial charge in [-0.15, -0.1) is 0 Å². The lowest BCUT2D eigenvalue weighted by molar-refractivity contribution is 0.195. The number of hydrogen-bond acceptors (Lipinski definition) is 3. The number of hydrogen-bond donors (Lipinski definition) is 0. The maximum atomic E-state index is 2.85. The van der Waals surface area contributed by atoms with Crippen LogP contribution in [-0.4, -0.2) is 12.3 Å². The summed E-state index contributed by atoms with van der Waals surface area (Å²) in [5.74, 6) is 0. The van der Waals surface area contributed by atoms with Crippen LogP contribution in [0, 0.1) is 13.8 Å². The zero-order valence-electron chi connectivity index (χ0n) is 36.1. The van der Waals surface area contributed by atoms with Gasteiger partial charge in [-0.05, 0) is 144 Å². The highest BCUT2D eigenvalue weighted by molar-refractivity contribution is 7.00. The molecule has 4 aliphatic rings. The van der Waals surface area contributed by atoms with Crippen molar-refractivity contribution in [1.29, 1.82) is 0 Å². The minimum atomic E-state index is -0.0892. The summed E-state index contributed by atoms with van der Waals surface area (Å²) in [7, 11) is 0. The van der Waals surface area contributed by atoms with Gasteiger partial charge < -0.3 is 14.7 Å². The Balaban J connectivity index is 1.21. The van der Waals surface area contributed by atoms with E-state index in [1.165, 1.54) is 97.3 Å². The molecule has 8 aromatic carbocycles. The monoisotopic (exact) mass is 799 g/mol. The number of rotatable bonds is 6. The Kier molecular flexibility index (Phi) is 8.28. The highest BCUT2D eigenvalue weighted by atomic mass is 15.3. The third-order valence-corrected chi connectivity index (χ3v) is 15.0. The fourth-order valence-electron chi connectivity index (χ4n) is 11.9. The summed E-state index contributed by atoms with van der Waals surface area (Å²) in [6.07, 6.45) is 4.84. The number of fused-ring (bicyclic) bond motifs is 7. The van der Waals surface area contributed by atoms with Crippen LogP contribution in [0.4, 0.5) is 45.5 Å². The quantitative estimate of drug-likeness (QED) is 0.155. The fourth-order valence-corrected chi connectivity index (χ4v) is 11.9. The normalized spacial score (nSPS) is 19.1. The highest BCUT2D eigenvalue weighted by Gasteiger charge is 2.61. The van der Waals surface area contributed by atoms with Crippen molar-refractivity contribution in [3.05, 3.63) is 199 Å². The summed E-state index contributed by atoms with van der Waals surface area (Å²) in [5, 5.41) is 0.